The molecule has 0 aromatic heterocycles. The van der Waals surface area contributed by atoms with Crippen molar-refractivity contribution in [2.24, 2.45) is 0 Å². The van der Waals surface area contributed by atoms with Crippen LogP contribution in [-0.2, 0) is 11.2 Å². The molecule has 2 nitrogen and oxygen atoms in total. The topological polar surface area (TPSA) is 29.1 Å². The fraction of sp³-hybridized carbons (Fsp3) is 0.533. The van der Waals surface area contributed by atoms with E-state index >= 15 is 0 Å². The number of Topliss-reactive ketones (excluding diaryl/α,β-unsaturated/α-hetero) is 1. The summed E-state index contributed by atoms with van der Waals surface area (Å²) < 4.78 is 0. The zero-order valence-corrected chi connectivity index (χ0v) is 10.2. The van der Waals surface area contributed by atoms with E-state index in [2.05, 4.69) is 23.5 Å². The average Bonchev–Trinajstić information content (AvgIpc) is 2.72. The highest BCUT2D eigenvalue weighted by Gasteiger charge is 2.26. The molecule has 1 fully saturated rings. The second-order valence-electron chi connectivity index (χ2n) is 5.18. The molecule has 1 aliphatic heterocycles. The summed E-state index contributed by atoms with van der Waals surface area (Å²) in [5, 5.41) is 3.45. The highest BCUT2D eigenvalue weighted by atomic mass is 16.1. The Hall–Kier alpha value is -1.31. The molecule has 1 heterocycles. The number of fused-ring (bicyclic) bond motifs is 1. The van der Waals surface area contributed by atoms with Crippen LogP contribution in [0.5, 0.6) is 0 Å². The van der Waals surface area contributed by atoms with Crippen molar-refractivity contribution in [3.63, 3.8) is 0 Å². The van der Waals surface area contributed by atoms with Gasteiger partial charge in [-0.15, -0.1) is 0 Å². The largest absolute Gasteiger partial charge is 0.384 e. The summed E-state index contributed by atoms with van der Waals surface area (Å²) in [6.07, 6.45) is 6.40. The van der Waals surface area contributed by atoms with Crippen LogP contribution in [0.15, 0.2) is 18.2 Å². The van der Waals surface area contributed by atoms with E-state index in [9.17, 15) is 4.79 Å². The minimum absolute atomic E-state index is 0.151. The highest BCUT2D eigenvalue weighted by molar-refractivity contribution is 5.88. The predicted molar refractivity (Wildman–Crippen MR) is 69.5 cm³/mol. The molecule has 2 aliphatic rings. The Morgan fingerprint density at radius 3 is 3.00 bits per heavy atom. The maximum absolute atomic E-state index is 12.2. The fourth-order valence-corrected chi connectivity index (χ4v) is 3.15. The summed E-state index contributed by atoms with van der Waals surface area (Å²) >= 11 is 0. The van der Waals surface area contributed by atoms with Crippen molar-refractivity contribution >= 4 is 11.5 Å². The van der Waals surface area contributed by atoms with Crippen LogP contribution < -0.4 is 5.32 Å². The molecule has 1 aromatic carbocycles. The number of benzene rings is 1. The van der Waals surface area contributed by atoms with E-state index in [0.29, 0.717) is 5.78 Å². The lowest BCUT2D eigenvalue weighted by Crippen LogP contribution is -2.12. The standard InChI is InChI=1S/C15H19NO/c17-14-8-3-1-2-6-12(14)13-7-4-5-11-9-10-16-15(11)13/h4-5,7,12,16H,1-3,6,8-10H2/t12-/m1/s1. The number of carbonyl (C=O) groups excluding carboxylic acids is 1. The van der Waals surface area contributed by atoms with E-state index in [1.165, 1.54) is 29.7 Å². The van der Waals surface area contributed by atoms with E-state index < -0.39 is 0 Å². The number of nitrogens with one attached hydrogen (secondary N) is 1. The van der Waals surface area contributed by atoms with Crippen molar-refractivity contribution in [3.8, 4) is 0 Å². The van der Waals surface area contributed by atoms with Gasteiger partial charge in [0.25, 0.3) is 0 Å². The van der Waals surface area contributed by atoms with Crippen LogP contribution in [0.1, 0.15) is 49.1 Å². The van der Waals surface area contributed by atoms with Crippen LogP contribution >= 0.6 is 0 Å². The Labute approximate surface area is 102 Å². The van der Waals surface area contributed by atoms with E-state index in [-0.39, 0.29) is 5.92 Å². The van der Waals surface area contributed by atoms with Gasteiger partial charge in [-0.1, -0.05) is 31.0 Å². The lowest BCUT2D eigenvalue weighted by molar-refractivity contribution is -0.120. The van der Waals surface area contributed by atoms with Gasteiger partial charge in [-0.3, -0.25) is 4.79 Å². The summed E-state index contributed by atoms with van der Waals surface area (Å²) in [5.41, 5.74) is 3.90. The van der Waals surface area contributed by atoms with Gasteiger partial charge in [-0.25, -0.2) is 0 Å². The van der Waals surface area contributed by atoms with Crippen molar-refractivity contribution in [2.75, 3.05) is 11.9 Å². The molecule has 1 aromatic rings. The van der Waals surface area contributed by atoms with Crippen molar-refractivity contribution in [2.45, 2.75) is 44.4 Å². The molecule has 17 heavy (non-hydrogen) atoms. The van der Waals surface area contributed by atoms with Gasteiger partial charge in [-0.2, -0.15) is 0 Å². The number of anilines is 1. The van der Waals surface area contributed by atoms with Gasteiger partial charge < -0.3 is 5.32 Å². The molecule has 2 heteroatoms. The van der Waals surface area contributed by atoms with Gasteiger partial charge in [0.1, 0.15) is 5.78 Å². The summed E-state index contributed by atoms with van der Waals surface area (Å²) in [6.45, 7) is 1.02. The van der Waals surface area contributed by atoms with E-state index in [1.807, 2.05) is 0 Å². The molecular weight excluding hydrogens is 210 g/mol. The molecule has 0 saturated heterocycles. The van der Waals surface area contributed by atoms with E-state index in [0.717, 1.165) is 32.2 Å². The third-order valence-corrected chi connectivity index (χ3v) is 4.06. The number of hydrogen-bond acceptors (Lipinski definition) is 2. The average molecular weight is 229 g/mol. The monoisotopic (exact) mass is 229 g/mol. The Bertz CT molecular complexity index is 439. The molecule has 0 amide bonds. The quantitative estimate of drug-likeness (QED) is 0.749. The Morgan fingerprint density at radius 1 is 1.12 bits per heavy atom. The number of rotatable bonds is 1. The van der Waals surface area contributed by atoms with E-state index in [4.69, 9.17) is 0 Å². The maximum atomic E-state index is 12.2. The van der Waals surface area contributed by atoms with Crippen molar-refractivity contribution in [3.05, 3.63) is 29.3 Å². The van der Waals surface area contributed by atoms with Gasteiger partial charge in [0.2, 0.25) is 0 Å². The number of para-hydroxylation sites is 1. The van der Waals surface area contributed by atoms with E-state index in [1.54, 1.807) is 0 Å². The van der Waals surface area contributed by atoms with Gasteiger partial charge in [0.05, 0.1) is 0 Å². The Kier molecular flexibility index (Phi) is 2.87. The number of ketones is 1. The summed E-state index contributed by atoms with van der Waals surface area (Å²) in [4.78, 5) is 12.2. The maximum Gasteiger partial charge on any atom is 0.140 e. The Morgan fingerprint density at radius 2 is 2.06 bits per heavy atom. The molecule has 1 N–H and O–H groups in total. The minimum Gasteiger partial charge on any atom is -0.384 e. The Balaban J connectivity index is 1.97. The molecule has 90 valence electrons. The van der Waals surface area contributed by atoms with Gasteiger partial charge in [0.15, 0.2) is 0 Å². The molecule has 0 unspecified atom stereocenters. The van der Waals surface area contributed by atoms with Crippen LogP contribution in [-0.4, -0.2) is 12.3 Å². The van der Waals surface area contributed by atoms with Gasteiger partial charge in [0, 0.05) is 24.6 Å². The molecule has 3 rings (SSSR count). The molecule has 0 spiro atoms. The third kappa shape index (κ3) is 1.97. The normalized spacial score (nSPS) is 24.0. The summed E-state index contributed by atoms with van der Waals surface area (Å²) in [6, 6.07) is 6.43. The molecule has 1 saturated carbocycles. The minimum atomic E-state index is 0.151. The predicted octanol–water partition coefficient (Wildman–Crippen LogP) is 3.27. The molecule has 1 atom stereocenters. The van der Waals surface area contributed by atoms with Gasteiger partial charge >= 0.3 is 0 Å². The molecular formula is C15H19NO. The SMILES string of the molecule is O=C1CCCCC[C@@H]1c1cccc2c1NCC2. The number of carbonyl (C=O) groups is 1. The first-order valence-corrected chi connectivity index (χ1v) is 6.74. The number of hydrogen-bond donors (Lipinski definition) is 1. The van der Waals surface area contributed by atoms with Crippen LogP contribution in [0.25, 0.3) is 0 Å². The molecule has 0 bridgehead atoms. The molecule has 1 aliphatic carbocycles. The first-order chi connectivity index (χ1) is 8.36. The fourth-order valence-electron chi connectivity index (χ4n) is 3.15. The second kappa shape index (κ2) is 4.52. The lowest BCUT2D eigenvalue weighted by Gasteiger charge is -2.17. The highest BCUT2D eigenvalue weighted by Crippen LogP contribution is 2.37. The zero-order chi connectivity index (χ0) is 11.7. The molecule has 0 radical (unpaired) electrons. The van der Waals surface area contributed by atoms with Gasteiger partial charge in [-0.05, 0) is 30.4 Å². The van der Waals surface area contributed by atoms with Crippen LogP contribution in [0, 0.1) is 0 Å². The third-order valence-electron chi connectivity index (χ3n) is 4.06. The summed E-state index contributed by atoms with van der Waals surface area (Å²) in [7, 11) is 0. The smallest absolute Gasteiger partial charge is 0.140 e. The summed E-state index contributed by atoms with van der Waals surface area (Å²) in [5.74, 6) is 0.600. The second-order valence-corrected chi connectivity index (χ2v) is 5.18. The van der Waals surface area contributed by atoms with Crippen LogP contribution in [0.2, 0.25) is 0 Å². The lowest BCUT2D eigenvalue weighted by atomic mass is 9.88. The van der Waals surface area contributed by atoms with Crippen molar-refractivity contribution in [1.29, 1.82) is 0 Å². The zero-order valence-electron chi connectivity index (χ0n) is 10.2. The first-order valence-electron chi connectivity index (χ1n) is 6.74. The van der Waals surface area contributed by atoms with Crippen LogP contribution in [0.4, 0.5) is 5.69 Å². The van der Waals surface area contributed by atoms with Crippen LogP contribution in [0.3, 0.4) is 0 Å². The first kappa shape index (κ1) is 10.8. The van der Waals surface area contributed by atoms with Crippen molar-refractivity contribution < 1.29 is 4.79 Å². The van der Waals surface area contributed by atoms with Crippen molar-refractivity contribution in [1.82, 2.24) is 0 Å².